The number of anilines is 1. The Balaban J connectivity index is 1.69. The number of carbonyl (C=O) groups excluding carboxylic acids is 1. The number of hydrazone groups is 1. The number of amidine groups is 1. The van der Waals surface area contributed by atoms with Gasteiger partial charge in [-0.15, -0.1) is 0 Å². The van der Waals surface area contributed by atoms with Crippen LogP contribution in [0.25, 0.3) is 0 Å². The molecule has 2 heterocycles. The minimum absolute atomic E-state index is 0.0205. The molecule has 4 rings (SSSR count). The SMILES string of the molecule is COc1ccc(C(=NO)N2CCCc3cc(C4=NNC(=O)SC4C)ccc32)cc1OC. The summed E-state index contributed by atoms with van der Waals surface area (Å²) in [7, 11) is 3.16. The fourth-order valence-corrected chi connectivity index (χ4v) is 4.68. The van der Waals surface area contributed by atoms with Crippen molar-refractivity contribution in [1.29, 1.82) is 0 Å². The normalized spacial score (nSPS) is 18.7. The van der Waals surface area contributed by atoms with Gasteiger partial charge < -0.3 is 19.6 Å². The zero-order valence-corrected chi connectivity index (χ0v) is 18.4. The quantitative estimate of drug-likeness (QED) is 0.325. The molecule has 31 heavy (non-hydrogen) atoms. The van der Waals surface area contributed by atoms with Crippen molar-refractivity contribution in [3.8, 4) is 11.5 Å². The van der Waals surface area contributed by atoms with Crippen molar-refractivity contribution < 1.29 is 19.5 Å². The highest BCUT2D eigenvalue weighted by Gasteiger charge is 2.27. The predicted octanol–water partition coefficient (Wildman–Crippen LogP) is 3.84. The number of amides is 1. The summed E-state index contributed by atoms with van der Waals surface area (Å²) >= 11 is 1.23. The second-order valence-electron chi connectivity index (χ2n) is 7.25. The molecule has 0 bridgehead atoms. The summed E-state index contributed by atoms with van der Waals surface area (Å²) in [4.78, 5) is 13.5. The molecule has 0 fully saturated rings. The number of hydrogen-bond donors (Lipinski definition) is 2. The fraction of sp³-hybridized carbons (Fsp3) is 0.318. The van der Waals surface area contributed by atoms with Gasteiger partial charge in [0.1, 0.15) is 0 Å². The highest BCUT2D eigenvalue weighted by Crippen LogP contribution is 2.33. The van der Waals surface area contributed by atoms with E-state index in [0.29, 0.717) is 17.3 Å². The number of oxime groups is 1. The van der Waals surface area contributed by atoms with E-state index >= 15 is 0 Å². The Kier molecular flexibility index (Phi) is 6.03. The van der Waals surface area contributed by atoms with E-state index in [1.54, 1.807) is 26.4 Å². The van der Waals surface area contributed by atoms with Gasteiger partial charge in [-0.1, -0.05) is 23.0 Å². The van der Waals surface area contributed by atoms with Gasteiger partial charge in [0.05, 0.1) is 25.2 Å². The lowest BCUT2D eigenvalue weighted by atomic mass is 9.96. The van der Waals surface area contributed by atoms with Crippen molar-refractivity contribution in [3.63, 3.8) is 0 Å². The number of rotatable bonds is 4. The first kappa shape index (κ1) is 21.0. The largest absolute Gasteiger partial charge is 0.493 e. The lowest BCUT2D eigenvalue weighted by Crippen LogP contribution is -2.36. The summed E-state index contributed by atoms with van der Waals surface area (Å²) in [5.74, 6) is 1.62. The highest BCUT2D eigenvalue weighted by molar-refractivity contribution is 8.14. The van der Waals surface area contributed by atoms with Gasteiger partial charge in [0, 0.05) is 17.8 Å². The predicted molar refractivity (Wildman–Crippen MR) is 122 cm³/mol. The number of benzene rings is 2. The Labute approximate surface area is 184 Å². The van der Waals surface area contributed by atoms with Crippen LogP contribution in [0, 0.1) is 0 Å². The van der Waals surface area contributed by atoms with E-state index < -0.39 is 0 Å². The number of methoxy groups -OCH3 is 2. The second kappa shape index (κ2) is 8.89. The topological polar surface area (TPSA) is 95.8 Å². The summed E-state index contributed by atoms with van der Waals surface area (Å²) < 4.78 is 10.7. The molecule has 0 saturated carbocycles. The van der Waals surface area contributed by atoms with Gasteiger partial charge in [0.25, 0.3) is 5.24 Å². The summed E-state index contributed by atoms with van der Waals surface area (Å²) in [6, 6.07) is 11.6. The average Bonchev–Trinajstić information content (AvgIpc) is 2.79. The molecule has 2 aromatic carbocycles. The van der Waals surface area contributed by atoms with Crippen molar-refractivity contribution in [2.24, 2.45) is 10.3 Å². The van der Waals surface area contributed by atoms with Crippen LogP contribution >= 0.6 is 11.8 Å². The molecule has 162 valence electrons. The van der Waals surface area contributed by atoms with E-state index in [9.17, 15) is 10.0 Å². The highest BCUT2D eigenvalue weighted by atomic mass is 32.2. The van der Waals surface area contributed by atoms with Crippen LogP contribution in [0.4, 0.5) is 10.5 Å². The Morgan fingerprint density at radius 2 is 2.03 bits per heavy atom. The molecule has 1 amide bonds. The molecule has 2 aliphatic heterocycles. The third-order valence-electron chi connectivity index (χ3n) is 5.42. The molecule has 0 aromatic heterocycles. The Morgan fingerprint density at radius 3 is 2.74 bits per heavy atom. The molecule has 9 heteroatoms. The summed E-state index contributed by atoms with van der Waals surface area (Å²) in [5, 5.41) is 17.6. The van der Waals surface area contributed by atoms with Crippen LogP contribution in [-0.4, -0.2) is 48.0 Å². The molecule has 0 spiro atoms. The van der Waals surface area contributed by atoms with Crippen molar-refractivity contribution >= 4 is 34.2 Å². The van der Waals surface area contributed by atoms with Crippen LogP contribution in [0.1, 0.15) is 30.0 Å². The Morgan fingerprint density at radius 1 is 1.23 bits per heavy atom. The second-order valence-corrected chi connectivity index (χ2v) is 8.56. The standard InChI is InChI=1S/C22H24N4O4S/c1-13-20(23-24-22(27)31-13)15-6-8-17-14(11-15)5-4-10-26(17)21(25-28)16-7-9-18(29-2)19(12-16)30-3/h6-9,11-13,28H,4-5,10H2,1-3H3,(H,24,27). The summed E-state index contributed by atoms with van der Waals surface area (Å²) in [6.45, 7) is 2.70. The summed E-state index contributed by atoms with van der Waals surface area (Å²) in [6.07, 6.45) is 1.82. The minimum Gasteiger partial charge on any atom is -0.493 e. The molecule has 2 N–H and O–H groups in total. The van der Waals surface area contributed by atoms with Crippen LogP contribution < -0.4 is 19.8 Å². The first-order valence-corrected chi connectivity index (χ1v) is 10.8. The average molecular weight is 441 g/mol. The fourth-order valence-electron chi connectivity index (χ4n) is 3.96. The van der Waals surface area contributed by atoms with Crippen molar-refractivity contribution in [2.45, 2.75) is 25.0 Å². The number of hydrogen-bond acceptors (Lipinski definition) is 7. The number of carbonyl (C=O) groups is 1. The van der Waals surface area contributed by atoms with E-state index in [2.05, 4.69) is 21.7 Å². The zero-order chi connectivity index (χ0) is 22.0. The number of nitrogens with one attached hydrogen (secondary N) is 1. The van der Waals surface area contributed by atoms with E-state index in [-0.39, 0.29) is 10.5 Å². The van der Waals surface area contributed by atoms with E-state index in [1.807, 2.05) is 30.0 Å². The molecule has 2 aromatic rings. The van der Waals surface area contributed by atoms with Gasteiger partial charge in [-0.3, -0.25) is 4.79 Å². The molecule has 1 unspecified atom stereocenters. The van der Waals surface area contributed by atoms with Crippen LogP contribution in [-0.2, 0) is 6.42 Å². The van der Waals surface area contributed by atoms with Crippen LogP contribution in [0.15, 0.2) is 46.7 Å². The van der Waals surface area contributed by atoms with E-state index in [1.165, 1.54) is 11.8 Å². The maximum absolute atomic E-state index is 11.5. The monoisotopic (exact) mass is 440 g/mol. The minimum atomic E-state index is -0.140. The van der Waals surface area contributed by atoms with Crippen molar-refractivity contribution in [2.75, 3.05) is 25.7 Å². The van der Waals surface area contributed by atoms with Gasteiger partial charge in [-0.05, 0) is 61.2 Å². The van der Waals surface area contributed by atoms with Crippen LogP contribution in [0.5, 0.6) is 11.5 Å². The molecular formula is C22H24N4O4S. The molecule has 1 atom stereocenters. The maximum Gasteiger partial charge on any atom is 0.299 e. The van der Waals surface area contributed by atoms with Gasteiger partial charge in [0.2, 0.25) is 0 Å². The van der Waals surface area contributed by atoms with Gasteiger partial charge in [-0.25, -0.2) is 5.43 Å². The zero-order valence-electron chi connectivity index (χ0n) is 17.6. The third-order valence-corrected chi connectivity index (χ3v) is 6.30. The van der Waals surface area contributed by atoms with E-state index in [4.69, 9.17) is 9.47 Å². The first-order chi connectivity index (χ1) is 15.0. The molecular weight excluding hydrogens is 416 g/mol. The van der Waals surface area contributed by atoms with Crippen LogP contribution in [0.3, 0.4) is 0 Å². The molecule has 0 aliphatic carbocycles. The summed E-state index contributed by atoms with van der Waals surface area (Å²) in [5.41, 5.74) is 7.22. The lowest BCUT2D eigenvalue weighted by molar-refractivity contribution is 0.261. The van der Waals surface area contributed by atoms with Crippen molar-refractivity contribution in [3.05, 3.63) is 53.1 Å². The number of nitrogens with zero attached hydrogens (tertiary/aromatic N) is 3. The Bertz CT molecular complexity index is 1070. The molecule has 8 nitrogen and oxygen atoms in total. The maximum atomic E-state index is 11.5. The first-order valence-electron chi connectivity index (χ1n) is 9.95. The smallest absolute Gasteiger partial charge is 0.299 e. The van der Waals surface area contributed by atoms with E-state index in [0.717, 1.165) is 47.5 Å². The molecule has 0 radical (unpaired) electrons. The number of thioether (sulfide) groups is 1. The molecule has 0 saturated heterocycles. The number of fused-ring (bicyclic) bond motifs is 1. The van der Waals surface area contributed by atoms with Gasteiger partial charge in [-0.2, -0.15) is 5.10 Å². The number of aryl methyl sites for hydroxylation is 1. The molecule has 2 aliphatic rings. The van der Waals surface area contributed by atoms with Gasteiger partial charge in [0.15, 0.2) is 17.3 Å². The van der Waals surface area contributed by atoms with Gasteiger partial charge >= 0.3 is 0 Å². The van der Waals surface area contributed by atoms with Crippen molar-refractivity contribution in [1.82, 2.24) is 5.43 Å². The van der Waals surface area contributed by atoms with Crippen LogP contribution in [0.2, 0.25) is 0 Å². The Hall–Kier alpha value is -3.20. The lowest BCUT2D eigenvalue weighted by Gasteiger charge is -2.32. The third kappa shape index (κ3) is 4.05. The number of ether oxygens (including phenoxy) is 2.